The minimum absolute atomic E-state index is 0.0630. The van der Waals surface area contributed by atoms with Gasteiger partial charge in [-0.05, 0) is 41.8 Å². The van der Waals surface area contributed by atoms with Crippen LogP contribution < -0.4 is 5.32 Å². The van der Waals surface area contributed by atoms with Gasteiger partial charge in [-0.2, -0.15) is 10.2 Å². The molecule has 1 amide bonds. The number of fused-ring (bicyclic) bond motifs is 1. The highest BCUT2D eigenvalue weighted by atomic mass is 79.9. The van der Waals surface area contributed by atoms with E-state index in [0.717, 1.165) is 32.2 Å². The molecule has 8 heteroatoms. The Hall–Kier alpha value is -3.78. The fourth-order valence-electron chi connectivity index (χ4n) is 3.88. The first-order valence-electron chi connectivity index (χ1n) is 10.5. The van der Waals surface area contributed by atoms with E-state index in [-0.39, 0.29) is 12.5 Å². The zero-order valence-corrected chi connectivity index (χ0v) is 19.5. The highest BCUT2D eigenvalue weighted by Gasteiger charge is 2.16. The molecule has 0 aliphatic carbocycles. The third kappa shape index (κ3) is 4.56. The topological polar surface area (TPSA) is 77.6 Å². The predicted molar refractivity (Wildman–Crippen MR) is 132 cm³/mol. The minimum Gasteiger partial charge on any atom is -0.322 e. The lowest BCUT2D eigenvalue weighted by Gasteiger charge is -2.06. The van der Waals surface area contributed by atoms with Crippen LogP contribution >= 0.6 is 15.9 Å². The second-order valence-electron chi connectivity index (χ2n) is 7.77. The molecule has 0 radical (unpaired) electrons. The highest BCUT2D eigenvalue weighted by Crippen LogP contribution is 2.29. The Morgan fingerprint density at radius 1 is 1.06 bits per heavy atom. The molecule has 0 atom stereocenters. The third-order valence-corrected chi connectivity index (χ3v) is 5.89. The summed E-state index contributed by atoms with van der Waals surface area (Å²) in [6.45, 7) is 2.63. The number of nitrogens with zero attached hydrogens (tertiary/aromatic N) is 5. The van der Waals surface area contributed by atoms with Gasteiger partial charge < -0.3 is 5.32 Å². The summed E-state index contributed by atoms with van der Waals surface area (Å²) in [5, 5.41) is 12.8. The maximum Gasteiger partial charge on any atom is 0.246 e. The number of aromatic nitrogens is 5. The fraction of sp³-hybridized carbons (Fsp3) is 0.120. The Kier molecular flexibility index (Phi) is 5.75. The van der Waals surface area contributed by atoms with Crippen molar-refractivity contribution in [1.82, 2.24) is 24.5 Å². The summed E-state index contributed by atoms with van der Waals surface area (Å²) in [6.07, 6.45) is 5.22. The molecule has 3 heterocycles. The molecule has 0 saturated heterocycles. The number of amides is 1. The molecular weight excluding hydrogens is 480 g/mol. The van der Waals surface area contributed by atoms with Gasteiger partial charge in [-0.3, -0.25) is 9.48 Å². The minimum atomic E-state index is -0.186. The van der Waals surface area contributed by atoms with Crippen LogP contribution in [0.2, 0.25) is 0 Å². The average Bonchev–Trinajstić information content (AvgIpc) is 3.39. The van der Waals surface area contributed by atoms with Crippen LogP contribution in [0.5, 0.6) is 0 Å². The molecule has 1 N–H and O–H groups in total. The summed E-state index contributed by atoms with van der Waals surface area (Å²) >= 11 is 3.44. The second kappa shape index (κ2) is 8.99. The van der Waals surface area contributed by atoms with E-state index < -0.39 is 0 Å². The first kappa shape index (κ1) is 21.1. The van der Waals surface area contributed by atoms with Gasteiger partial charge in [0.05, 0.1) is 24.1 Å². The molecule has 2 aromatic carbocycles. The van der Waals surface area contributed by atoms with Crippen molar-refractivity contribution in [3.8, 4) is 11.1 Å². The van der Waals surface area contributed by atoms with Crippen LogP contribution in [0, 0.1) is 6.92 Å². The Bertz CT molecular complexity index is 1420. The smallest absolute Gasteiger partial charge is 0.246 e. The second-order valence-corrected chi connectivity index (χ2v) is 8.68. The number of carbonyl (C=O) groups is 1. The first-order valence-corrected chi connectivity index (χ1v) is 11.3. The molecule has 5 rings (SSSR count). The molecule has 0 unspecified atom stereocenters. The van der Waals surface area contributed by atoms with E-state index in [4.69, 9.17) is 0 Å². The lowest BCUT2D eigenvalue weighted by molar-refractivity contribution is -0.116. The summed E-state index contributed by atoms with van der Waals surface area (Å²) in [7, 11) is 0. The van der Waals surface area contributed by atoms with Crippen molar-refractivity contribution in [2.75, 3.05) is 5.32 Å². The number of hydrogen-bond donors (Lipinski definition) is 1. The van der Waals surface area contributed by atoms with Crippen molar-refractivity contribution in [3.63, 3.8) is 0 Å². The predicted octanol–water partition coefficient (Wildman–Crippen LogP) is 5.05. The van der Waals surface area contributed by atoms with Gasteiger partial charge in [-0.1, -0.05) is 58.4 Å². The zero-order chi connectivity index (χ0) is 22.8. The van der Waals surface area contributed by atoms with E-state index in [1.54, 1.807) is 21.8 Å². The Balaban J connectivity index is 1.32. The highest BCUT2D eigenvalue weighted by molar-refractivity contribution is 9.10. The van der Waals surface area contributed by atoms with Gasteiger partial charge in [-0.25, -0.2) is 9.67 Å². The number of rotatable bonds is 6. The molecule has 0 saturated carbocycles. The lowest BCUT2D eigenvalue weighted by atomic mass is 10.0. The van der Waals surface area contributed by atoms with Crippen molar-refractivity contribution >= 4 is 38.6 Å². The molecule has 5 aromatic rings. The molecule has 0 aliphatic heterocycles. The number of hydrogen-bond acceptors (Lipinski definition) is 4. The van der Waals surface area contributed by atoms with Gasteiger partial charge in [0, 0.05) is 22.3 Å². The number of nitrogens with one attached hydrogen (secondary N) is 1. The summed E-state index contributed by atoms with van der Waals surface area (Å²) in [5.74, 6) is -0.186. The Labute approximate surface area is 199 Å². The van der Waals surface area contributed by atoms with Gasteiger partial charge in [0.25, 0.3) is 0 Å². The number of pyridine rings is 1. The maximum atomic E-state index is 12.8. The van der Waals surface area contributed by atoms with E-state index in [0.29, 0.717) is 17.9 Å². The molecule has 164 valence electrons. The number of halogens is 1. The van der Waals surface area contributed by atoms with Crippen LogP contribution in [-0.4, -0.2) is 30.5 Å². The molecule has 7 nitrogen and oxygen atoms in total. The van der Waals surface area contributed by atoms with E-state index in [9.17, 15) is 4.79 Å². The number of carbonyl (C=O) groups excluding carboxylic acids is 1. The number of benzene rings is 2. The van der Waals surface area contributed by atoms with E-state index in [2.05, 4.69) is 48.6 Å². The van der Waals surface area contributed by atoms with Crippen molar-refractivity contribution in [3.05, 3.63) is 95.0 Å². The summed E-state index contributed by atoms with van der Waals surface area (Å²) in [6, 6.07) is 20.2. The molecule has 0 fully saturated rings. The van der Waals surface area contributed by atoms with Gasteiger partial charge in [0.1, 0.15) is 6.54 Å². The van der Waals surface area contributed by atoms with Crippen molar-refractivity contribution < 1.29 is 4.79 Å². The standard InChI is InChI=1S/C25H21BrN6O/c1-17-24-22(19-5-3-2-4-6-19)11-12-27-25(24)32(30-17)16-23(33)29-21-13-28-31(15-21)14-18-7-9-20(26)10-8-18/h2-13,15H,14,16H2,1H3,(H,29,33). The van der Waals surface area contributed by atoms with Crippen LogP contribution in [0.4, 0.5) is 5.69 Å². The van der Waals surface area contributed by atoms with Crippen LogP contribution in [0.3, 0.4) is 0 Å². The SMILES string of the molecule is Cc1nn(CC(=O)Nc2cnn(Cc3ccc(Br)cc3)c2)c2nccc(-c3ccccc3)c12. The van der Waals surface area contributed by atoms with Crippen LogP contribution in [0.15, 0.2) is 83.7 Å². The Morgan fingerprint density at radius 3 is 2.64 bits per heavy atom. The maximum absolute atomic E-state index is 12.8. The van der Waals surface area contributed by atoms with Gasteiger partial charge >= 0.3 is 0 Å². The van der Waals surface area contributed by atoms with Crippen LogP contribution in [0.1, 0.15) is 11.3 Å². The number of aryl methyl sites for hydroxylation is 1. The number of anilines is 1. The Morgan fingerprint density at radius 2 is 1.85 bits per heavy atom. The monoisotopic (exact) mass is 500 g/mol. The van der Waals surface area contributed by atoms with Crippen molar-refractivity contribution in [2.24, 2.45) is 0 Å². The zero-order valence-electron chi connectivity index (χ0n) is 17.9. The third-order valence-electron chi connectivity index (χ3n) is 5.36. The first-order chi connectivity index (χ1) is 16.1. The van der Waals surface area contributed by atoms with Crippen LogP contribution in [-0.2, 0) is 17.9 Å². The largest absolute Gasteiger partial charge is 0.322 e. The van der Waals surface area contributed by atoms with E-state index in [1.807, 2.05) is 61.7 Å². The quantitative estimate of drug-likeness (QED) is 0.353. The fourth-order valence-corrected chi connectivity index (χ4v) is 4.14. The molecule has 0 spiro atoms. The van der Waals surface area contributed by atoms with Crippen molar-refractivity contribution in [2.45, 2.75) is 20.0 Å². The summed E-state index contributed by atoms with van der Waals surface area (Å²) < 4.78 is 4.48. The van der Waals surface area contributed by atoms with Gasteiger partial charge in [0.15, 0.2) is 5.65 Å². The lowest BCUT2D eigenvalue weighted by Crippen LogP contribution is -2.19. The van der Waals surface area contributed by atoms with E-state index in [1.165, 1.54) is 0 Å². The van der Waals surface area contributed by atoms with Crippen molar-refractivity contribution in [1.29, 1.82) is 0 Å². The van der Waals surface area contributed by atoms with E-state index >= 15 is 0 Å². The molecule has 3 aromatic heterocycles. The summed E-state index contributed by atoms with van der Waals surface area (Å²) in [4.78, 5) is 17.3. The van der Waals surface area contributed by atoms with Gasteiger partial charge in [0.2, 0.25) is 5.91 Å². The molecule has 0 bridgehead atoms. The molecular formula is C25H21BrN6O. The van der Waals surface area contributed by atoms with Gasteiger partial charge in [-0.15, -0.1) is 0 Å². The average molecular weight is 501 g/mol. The molecule has 33 heavy (non-hydrogen) atoms. The molecule has 0 aliphatic rings. The summed E-state index contributed by atoms with van der Waals surface area (Å²) in [5.41, 5.74) is 5.44. The normalized spacial score (nSPS) is 11.1. The van der Waals surface area contributed by atoms with Crippen LogP contribution in [0.25, 0.3) is 22.2 Å².